The summed E-state index contributed by atoms with van der Waals surface area (Å²) >= 11 is 4.15. The molecular weight excluding hydrogens is 607 g/mol. The Balaban J connectivity index is 0. The van der Waals surface area contributed by atoms with Gasteiger partial charge in [0, 0.05) is 6.54 Å². The number of rotatable bonds is 20. The zero-order valence-electron chi connectivity index (χ0n) is 28.7. The molecule has 6 nitrogen and oxygen atoms in total. The average molecular weight is 680 g/mol. The number of hydrogen-bond acceptors (Lipinski definition) is 5. The summed E-state index contributed by atoms with van der Waals surface area (Å²) in [5.41, 5.74) is 2.69. The average Bonchev–Trinajstić information content (AvgIpc) is 3.07. The maximum atomic E-state index is 12.0. The van der Waals surface area contributed by atoms with Crippen LogP contribution in [-0.2, 0) is 27.2 Å². The van der Waals surface area contributed by atoms with Crippen LogP contribution in [0.3, 0.4) is 0 Å². The summed E-state index contributed by atoms with van der Waals surface area (Å²) in [6.45, 7) is 5.38. The highest BCUT2D eigenvalue weighted by molar-refractivity contribution is 7.80. The Bertz CT molecular complexity index is 899. The van der Waals surface area contributed by atoms with Gasteiger partial charge in [-0.25, -0.2) is 0 Å². The summed E-state index contributed by atoms with van der Waals surface area (Å²) in [5, 5.41) is 12.0. The van der Waals surface area contributed by atoms with Gasteiger partial charge in [-0.2, -0.15) is 12.6 Å². The number of carbonyl (C=O) groups is 3. The minimum absolute atomic E-state index is 0. The quantitative estimate of drug-likeness (QED) is 0.0724. The highest BCUT2D eigenvalue weighted by Crippen LogP contribution is 2.31. The maximum Gasteiger partial charge on any atom is 0.307 e. The molecule has 3 rings (SSSR count). The van der Waals surface area contributed by atoms with Crippen molar-refractivity contribution in [1.82, 2.24) is 5.32 Å². The molecule has 2 N–H and O–H groups in total. The molecule has 0 aliphatic heterocycles. The van der Waals surface area contributed by atoms with E-state index in [1.807, 2.05) is 12.1 Å². The first-order valence-corrected chi connectivity index (χ1v) is 18.9. The molecule has 1 aromatic rings. The van der Waals surface area contributed by atoms with Gasteiger partial charge in [0.25, 0.3) is 0 Å². The SMILES string of the molecule is C.C.CCCCCCCCCCCC.O=C(O)C1CCCCC1C(=O)NCCCCCCS.O=CCOc1cccc2c1CCCC2. The number of unbranched alkanes of at least 4 members (excludes halogenated alkanes) is 12. The number of carboxylic acids is 1. The van der Waals surface area contributed by atoms with Crippen LogP contribution in [0.1, 0.15) is 168 Å². The van der Waals surface area contributed by atoms with Gasteiger partial charge in [0.2, 0.25) is 5.91 Å². The molecule has 0 aromatic heterocycles. The molecule has 1 aromatic carbocycles. The Morgan fingerprint density at radius 2 is 1.36 bits per heavy atom. The van der Waals surface area contributed by atoms with Crippen LogP contribution in [0.4, 0.5) is 0 Å². The molecule has 2 atom stereocenters. The van der Waals surface area contributed by atoms with Crippen molar-refractivity contribution in [3.05, 3.63) is 29.3 Å². The Labute approximate surface area is 295 Å². The normalized spacial score (nSPS) is 16.3. The number of thiol groups is 1. The van der Waals surface area contributed by atoms with E-state index in [-0.39, 0.29) is 33.3 Å². The number of aliphatic carboxylic acids is 1. The summed E-state index contributed by atoms with van der Waals surface area (Å²) in [7, 11) is 0. The second-order valence-corrected chi connectivity index (χ2v) is 13.1. The molecule has 2 unspecified atom stereocenters. The molecular formula is C40H73NO5S. The number of hydrogen-bond donors (Lipinski definition) is 3. The largest absolute Gasteiger partial charge is 0.486 e. The standard InChI is InChI=1S/C14H25NO3S.C12H14O2.C12H26.2CH4/c16-13(15-9-5-1-2-6-10-19)11-7-3-4-8-12(11)14(17)18;13-8-9-14-12-7-3-5-10-4-1-2-6-11(10)12;1-3-5-7-9-11-12-10-8-6-4-2;;/h11-12,19H,1-10H2,(H,15,16)(H,17,18);3,5,7-8H,1-2,4,6,9H2;3-12H2,1-2H3;2*1H4. The molecule has 0 bridgehead atoms. The van der Waals surface area contributed by atoms with Crippen LogP contribution in [-0.4, -0.2) is 42.2 Å². The number of aldehydes is 1. The van der Waals surface area contributed by atoms with Gasteiger partial charge in [0.15, 0.2) is 6.29 Å². The molecule has 0 heterocycles. The lowest BCUT2D eigenvalue weighted by molar-refractivity contribution is -0.148. The molecule has 0 radical (unpaired) electrons. The van der Waals surface area contributed by atoms with Crippen LogP contribution in [0, 0.1) is 11.8 Å². The smallest absolute Gasteiger partial charge is 0.307 e. The molecule has 47 heavy (non-hydrogen) atoms. The fourth-order valence-corrected chi connectivity index (χ4v) is 6.46. The second kappa shape index (κ2) is 32.5. The highest BCUT2D eigenvalue weighted by Gasteiger charge is 2.35. The molecule has 2 aliphatic rings. The first-order valence-electron chi connectivity index (χ1n) is 18.3. The summed E-state index contributed by atoms with van der Waals surface area (Å²) in [4.78, 5) is 33.4. The van der Waals surface area contributed by atoms with E-state index in [9.17, 15) is 14.4 Å². The summed E-state index contributed by atoms with van der Waals surface area (Å²) in [6.07, 6.45) is 27.5. The zero-order chi connectivity index (χ0) is 33.0. The maximum absolute atomic E-state index is 12.0. The minimum Gasteiger partial charge on any atom is -0.486 e. The van der Waals surface area contributed by atoms with Gasteiger partial charge in [-0.3, -0.25) is 14.4 Å². The summed E-state index contributed by atoms with van der Waals surface area (Å²) in [5.74, 6) is 0.0974. The van der Waals surface area contributed by atoms with E-state index in [0.717, 1.165) is 69.2 Å². The van der Waals surface area contributed by atoms with Crippen molar-refractivity contribution in [2.45, 2.75) is 170 Å². The Hall–Kier alpha value is -2.02. The van der Waals surface area contributed by atoms with E-state index in [1.54, 1.807) is 0 Å². The number of aryl methyl sites for hydroxylation is 1. The van der Waals surface area contributed by atoms with Crippen LogP contribution in [0.15, 0.2) is 18.2 Å². The Morgan fingerprint density at radius 3 is 1.94 bits per heavy atom. The number of amides is 1. The highest BCUT2D eigenvalue weighted by atomic mass is 32.1. The monoisotopic (exact) mass is 680 g/mol. The van der Waals surface area contributed by atoms with E-state index < -0.39 is 11.9 Å². The number of benzene rings is 1. The molecule has 1 saturated carbocycles. The van der Waals surface area contributed by atoms with E-state index in [2.05, 4.69) is 37.9 Å². The van der Waals surface area contributed by atoms with Crippen molar-refractivity contribution in [1.29, 1.82) is 0 Å². The third kappa shape index (κ3) is 22.3. The second-order valence-electron chi connectivity index (χ2n) is 12.7. The lowest BCUT2D eigenvalue weighted by Crippen LogP contribution is -2.40. The number of carbonyl (C=O) groups excluding carboxylic acids is 2. The Morgan fingerprint density at radius 1 is 0.809 bits per heavy atom. The van der Waals surface area contributed by atoms with Crippen LogP contribution in [0.2, 0.25) is 0 Å². The van der Waals surface area contributed by atoms with E-state index in [4.69, 9.17) is 9.84 Å². The van der Waals surface area contributed by atoms with Crippen molar-refractivity contribution in [2.24, 2.45) is 11.8 Å². The van der Waals surface area contributed by atoms with Crippen LogP contribution < -0.4 is 10.1 Å². The van der Waals surface area contributed by atoms with Gasteiger partial charge in [0.1, 0.15) is 12.4 Å². The fourth-order valence-electron chi connectivity index (χ4n) is 6.24. The first-order chi connectivity index (χ1) is 22.0. The third-order valence-corrected chi connectivity index (χ3v) is 9.24. The Kier molecular flexibility index (Phi) is 32.6. The van der Waals surface area contributed by atoms with Crippen molar-refractivity contribution in [3.8, 4) is 5.75 Å². The van der Waals surface area contributed by atoms with E-state index >= 15 is 0 Å². The molecule has 7 heteroatoms. The van der Waals surface area contributed by atoms with Gasteiger partial charge in [0.05, 0.1) is 11.8 Å². The number of ether oxygens (including phenoxy) is 1. The summed E-state index contributed by atoms with van der Waals surface area (Å²) < 4.78 is 5.39. The van der Waals surface area contributed by atoms with E-state index in [1.165, 1.54) is 88.2 Å². The molecule has 0 spiro atoms. The van der Waals surface area contributed by atoms with Gasteiger partial charge in [-0.1, -0.05) is 131 Å². The van der Waals surface area contributed by atoms with Crippen molar-refractivity contribution >= 4 is 30.8 Å². The molecule has 1 fully saturated rings. The van der Waals surface area contributed by atoms with Crippen LogP contribution >= 0.6 is 12.6 Å². The predicted molar refractivity (Wildman–Crippen MR) is 204 cm³/mol. The van der Waals surface area contributed by atoms with Crippen molar-refractivity contribution < 1.29 is 24.2 Å². The molecule has 0 saturated heterocycles. The third-order valence-electron chi connectivity index (χ3n) is 8.92. The number of carboxylic acid groups (broad SMARTS) is 1. The first kappa shape index (κ1) is 47.1. The van der Waals surface area contributed by atoms with Crippen molar-refractivity contribution in [3.63, 3.8) is 0 Å². The molecule has 1 amide bonds. The van der Waals surface area contributed by atoms with Gasteiger partial charge >= 0.3 is 5.97 Å². The van der Waals surface area contributed by atoms with Gasteiger partial charge in [-0.15, -0.1) is 0 Å². The van der Waals surface area contributed by atoms with Gasteiger partial charge in [-0.05, 0) is 74.3 Å². The van der Waals surface area contributed by atoms with Crippen LogP contribution in [0.5, 0.6) is 5.75 Å². The number of nitrogens with one attached hydrogen (secondary N) is 1. The predicted octanol–water partition coefficient (Wildman–Crippen LogP) is 10.8. The fraction of sp³-hybridized carbons (Fsp3) is 0.775. The van der Waals surface area contributed by atoms with Crippen LogP contribution in [0.25, 0.3) is 0 Å². The molecule has 274 valence electrons. The van der Waals surface area contributed by atoms with E-state index in [0.29, 0.717) is 19.4 Å². The minimum atomic E-state index is -0.825. The van der Waals surface area contributed by atoms with Gasteiger partial charge < -0.3 is 15.2 Å². The zero-order valence-corrected chi connectivity index (χ0v) is 29.6. The van der Waals surface area contributed by atoms with Crippen molar-refractivity contribution in [2.75, 3.05) is 18.9 Å². The lowest BCUT2D eigenvalue weighted by Gasteiger charge is -2.27. The number of fused-ring (bicyclic) bond motifs is 1. The molecule has 2 aliphatic carbocycles. The lowest BCUT2D eigenvalue weighted by atomic mass is 9.78. The topological polar surface area (TPSA) is 92.7 Å². The summed E-state index contributed by atoms with van der Waals surface area (Å²) in [6, 6.07) is 6.11.